The third kappa shape index (κ3) is 3.56. The van der Waals surface area contributed by atoms with Crippen LogP contribution in [0.2, 0.25) is 0 Å². The Balaban J connectivity index is 1.85. The molecule has 1 aliphatic carbocycles. The highest BCUT2D eigenvalue weighted by Crippen LogP contribution is 2.37. The summed E-state index contributed by atoms with van der Waals surface area (Å²) in [5.74, 6) is -0.833. The van der Waals surface area contributed by atoms with Crippen LogP contribution in [0.4, 0.5) is 0 Å². The SMILES string of the molecule is CC(C)CC(C(=O)N1CC(C)OC(C)C1)N1C(=O)C2CC=CCC2C1=O. The Morgan fingerprint density at radius 2 is 1.58 bits per heavy atom. The molecule has 2 fully saturated rings. The number of rotatable bonds is 4. The number of ether oxygens (including phenoxy) is 1. The molecule has 0 radical (unpaired) electrons. The second-order valence-electron chi connectivity index (χ2n) is 8.35. The predicted molar refractivity (Wildman–Crippen MR) is 97.0 cm³/mol. The van der Waals surface area contributed by atoms with Crippen molar-refractivity contribution in [2.75, 3.05) is 13.1 Å². The lowest BCUT2D eigenvalue weighted by molar-refractivity contribution is -0.157. The van der Waals surface area contributed by atoms with E-state index in [0.717, 1.165) is 0 Å². The van der Waals surface area contributed by atoms with Crippen molar-refractivity contribution in [3.05, 3.63) is 12.2 Å². The van der Waals surface area contributed by atoms with Crippen molar-refractivity contribution in [1.82, 2.24) is 9.80 Å². The fourth-order valence-electron chi connectivity index (χ4n) is 4.46. The van der Waals surface area contributed by atoms with Gasteiger partial charge < -0.3 is 9.64 Å². The number of fused-ring (bicyclic) bond motifs is 1. The maximum absolute atomic E-state index is 13.3. The Morgan fingerprint density at radius 3 is 2.04 bits per heavy atom. The van der Waals surface area contributed by atoms with E-state index in [0.29, 0.717) is 32.4 Å². The third-order valence-corrected chi connectivity index (χ3v) is 5.56. The molecule has 3 rings (SSSR count). The molecule has 26 heavy (non-hydrogen) atoms. The minimum Gasteiger partial charge on any atom is -0.372 e. The summed E-state index contributed by atoms with van der Waals surface area (Å²) in [6.45, 7) is 8.93. The van der Waals surface area contributed by atoms with Crippen molar-refractivity contribution in [2.45, 2.75) is 65.2 Å². The average Bonchev–Trinajstić information content (AvgIpc) is 2.83. The summed E-state index contributed by atoms with van der Waals surface area (Å²) in [6.07, 6.45) is 5.56. The van der Waals surface area contributed by atoms with E-state index >= 15 is 0 Å². The molecule has 3 aliphatic rings. The minimum absolute atomic E-state index is 0.0424. The lowest BCUT2D eigenvalue weighted by Gasteiger charge is -2.39. The molecular formula is C20H30N2O4. The van der Waals surface area contributed by atoms with Crippen molar-refractivity contribution >= 4 is 17.7 Å². The summed E-state index contributed by atoms with van der Waals surface area (Å²) in [5, 5.41) is 0. The maximum Gasteiger partial charge on any atom is 0.246 e. The topological polar surface area (TPSA) is 66.9 Å². The predicted octanol–water partition coefficient (Wildman–Crippen LogP) is 1.99. The van der Waals surface area contributed by atoms with Crippen molar-refractivity contribution in [3.63, 3.8) is 0 Å². The van der Waals surface area contributed by atoms with Gasteiger partial charge in [-0.15, -0.1) is 0 Å². The van der Waals surface area contributed by atoms with Gasteiger partial charge in [-0.25, -0.2) is 0 Å². The number of carbonyl (C=O) groups excluding carboxylic acids is 3. The molecule has 0 aromatic heterocycles. The van der Waals surface area contributed by atoms with E-state index in [2.05, 4.69) is 0 Å². The molecule has 5 atom stereocenters. The van der Waals surface area contributed by atoms with Crippen molar-refractivity contribution in [3.8, 4) is 0 Å². The molecular weight excluding hydrogens is 332 g/mol. The van der Waals surface area contributed by atoms with E-state index in [1.807, 2.05) is 39.8 Å². The van der Waals surface area contributed by atoms with Gasteiger partial charge in [0.25, 0.3) is 0 Å². The van der Waals surface area contributed by atoms with Gasteiger partial charge in [-0.05, 0) is 39.0 Å². The van der Waals surface area contributed by atoms with Crippen LogP contribution in [0.15, 0.2) is 12.2 Å². The zero-order valence-corrected chi connectivity index (χ0v) is 16.2. The monoisotopic (exact) mass is 362 g/mol. The molecule has 2 saturated heterocycles. The lowest BCUT2D eigenvalue weighted by atomic mass is 9.85. The van der Waals surface area contributed by atoms with Crippen LogP contribution >= 0.6 is 0 Å². The van der Waals surface area contributed by atoms with Crippen LogP contribution in [0.3, 0.4) is 0 Å². The Kier molecular flexibility index (Phi) is 5.51. The summed E-state index contributed by atoms with van der Waals surface area (Å²) >= 11 is 0. The van der Waals surface area contributed by atoms with Crippen molar-refractivity contribution in [2.24, 2.45) is 17.8 Å². The zero-order valence-electron chi connectivity index (χ0n) is 16.2. The molecule has 0 saturated carbocycles. The largest absolute Gasteiger partial charge is 0.372 e. The summed E-state index contributed by atoms with van der Waals surface area (Å²) in [5.41, 5.74) is 0. The number of hydrogen-bond acceptors (Lipinski definition) is 4. The Hall–Kier alpha value is -1.69. The highest BCUT2D eigenvalue weighted by Gasteiger charge is 2.52. The molecule has 5 unspecified atom stereocenters. The Bertz CT molecular complexity index is 579. The van der Waals surface area contributed by atoms with Crippen LogP contribution in [0.1, 0.15) is 47.0 Å². The van der Waals surface area contributed by atoms with Gasteiger partial charge in [-0.2, -0.15) is 0 Å². The van der Waals surface area contributed by atoms with Crippen LogP contribution in [0, 0.1) is 17.8 Å². The van der Waals surface area contributed by atoms with Crippen LogP contribution in [-0.4, -0.2) is 58.9 Å². The first-order valence-electron chi connectivity index (χ1n) is 9.75. The quantitative estimate of drug-likeness (QED) is 0.567. The average molecular weight is 362 g/mol. The first-order chi connectivity index (χ1) is 12.3. The maximum atomic E-state index is 13.3. The van der Waals surface area contributed by atoms with Gasteiger partial charge >= 0.3 is 0 Å². The fourth-order valence-corrected chi connectivity index (χ4v) is 4.46. The summed E-state index contributed by atoms with van der Waals surface area (Å²) in [7, 11) is 0. The third-order valence-electron chi connectivity index (χ3n) is 5.56. The second-order valence-corrected chi connectivity index (χ2v) is 8.35. The molecule has 6 nitrogen and oxygen atoms in total. The van der Waals surface area contributed by atoms with Gasteiger partial charge in [0.2, 0.25) is 17.7 Å². The van der Waals surface area contributed by atoms with Gasteiger partial charge in [0, 0.05) is 13.1 Å². The highest BCUT2D eigenvalue weighted by molar-refractivity contribution is 6.08. The number of carbonyl (C=O) groups is 3. The molecule has 0 N–H and O–H groups in total. The number of morpholine rings is 1. The smallest absolute Gasteiger partial charge is 0.246 e. The molecule has 0 aromatic carbocycles. The van der Waals surface area contributed by atoms with Gasteiger partial charge in [-0.1, -0.05) is 26.0 Å². The Morgan fingerprint density at radius 1 is 1.08 bits per heavy atom. The summed E-state index contributed by atoms with van der Waals surface area (Å²) in [4.78, 5) is 42.3. The van der Waals surface area contributed by atoms with E-state index < -0.39 is 6.04 Å². The van der Waals surface area contributed by atoms with Gasteiger partial charge in [-0.3, -0.25) is 19.3 Å². The molecule has 0 spiro atoms. The van der Waals surface area contributed by atoms with Gasteiger partial charge in [0.05, 0.1) is 24.0 Å². The molecule has 0 aromatic rings. The highest BCUT2D eigenvalue weighted by atomic mass is 16.5. The molecule has 2 aliphatic heterocycles. The van der Waals surface area contributed by atoms with Crippen molar-refractivity contribution < 1.29 is 19.1 Å². The summed E-state index contributed by atoms with van der Waals surface area (Å²) in [6, 6.07) is -0.696. The zero-order chi connectivity index (χ0) is 19.0. The lowest BCUT2D eigenvalue weighted by Crippen LogP contribution is -2.56. The number of allylic oxidation sites excluding steroid dienone is 2. The van der Waals surface area contributed by atoms with E-state index in [1.165, 1.54) is 4.90 Å². The van der Waals surface area contributed by atoms with E-state index in [9.17, 15) is 14.4 Å². The van der Waals surface area contributed by atoms with Crippen LogP contribution in [0.5, 0.6) is 0 Å². The molecule has 0 bridgehead atoms. The first-order valence-corrected chi connectivity index (χ1v) is 9.75. The molecule has 144 valence electrons. The first kappa shape index (κ1) is 19.1. The van der Waals surface area contributed by atoms with E-state index in [1.54, 1.807) is 4.90 Å². The summed E-state index contributed by atoms with van der Waals surface area (Å²) < 4.78 is 5.72. The molecule has 6 heteroatoms. The number of likely N-dealkylation sites (tertiary alicyclic amines) is 1. The van der Waals surface area contributed by atoms with E-state index in [-0.39, 0.29) is 47.7 Å². The normalized spacial score (nSPS) is 33.0. The standard InChI is InChI=1S/C20H30N2O4/c1-12(2)9-17(20(25)21-10-13(3)26-14(4)11-21)22-18(23)15-7-5-6-8-16(15)19(22)24/h5-6,12-17H,7-11H2,1-4H3. The van der Waals surface area contributed by atoms with E-state index in [4.69, 9.17) is 4.74 Å². The van der Waals surface area contributed by atoms with Crippen LogP contribution in [0.25, 0.3) is 0 Å². The minimum atomic E-state index is -0.696. The van der Waals surface area contributed by atoms with Crippen LogP contribution < -0.4 is 0 Å². The van der Waals surface area contributed by atoms with Crippen molar-refractivity contribution in [1.29, 1.82) is 0 Å². The number of amides is 3. The fraction of sp³-hybridized carbons (Fsp3) is 0.750. The number of imide groups is 1. The molecule has 3 amide bonds. The van der Waals surface area contributed by atoms with Gasteiger partial charge in [0.1, 0.15) is 6.04 Å². The second kappa shape index (κ2) is 7.51. The van der Waals surface area contributed by atoms with Crippen LogP contribution in [-0.2, 0) is 19.1 Å². The van der Waals surface area contributed by atoms with Gasteiger partial charge in [0.15, 0.2) is 0 Å². The number of nitrogens with zero attached hydrogens (tertiary/aromatic N) is 2. The Labute approximate surface area is 155 Å². The molecule has 2 heterocycles. The number of hydrogen-bond donors (Lipinski definition) is 0.